The molecule has 0 aliphatic carbocycles. The maximum Gasteiger partial charge on any atom is 0.305 e. The summed E-state index contributed by atoms with van der Waals surface area (Å²) in [5.41, 5.74) is 1.16. The van der Waals surface area contributed by atoms with Gasteiger partial charge in [0.05, 0.1) is 37.6 Å². The standard InChI is InChI=1S/C25H33N3O7S/c1-26(19-8-10-20(33-2)11-9-19)36(31,32)21-12-13-23(34-3)22(18-21)27-14-16-28(17-15-27)24(29)6-5-7-25(30)35-4/h8-13,18H,5-7,14-17H2,1-4H3. The van der Waals surface area contributed by atoms with E-state index in [4.69, 9.17) is 9.47 Å². The average Bonchev–Trinajstić information content (AvgIpc) is 2.92. The molecule has 10 nitrogen and oxygen atoms in total. The number of piperazine rings is 1. The molecule has 0 unspecified atom stereocenters. The molecule has 1 aliphatic heterocycles. The highest BCUT2D eigenvalue weighted by Gasteiger charge is 2.27. The Morgan fingerprint density at radius 2 is 1.58 bits per heavy atom. The van der Waals surface area contributed by atoms with Crippen molar-refractivity contribution in [2.24, 2.45) is 0 Å². The summed E-state index contributed by atoms with van der Waals surface area (Å²) in [7, 11) is 2.09. The minimum Gasteiger partial charge on any atom is -0.497 e. The van der Waals surface area contributed by atoms with E-state index in [9.17, 15) is 18.0 Å². The molecule has 0 atom stereocenters. The van der Waals surface area contributed by atoms with Crippen LogP contribution in [0.2, 0.25) is 0 Å². The zero-order chi connectivity index (χ0) is 26.3. The number of methoxy groups -OCH3 is 3. The molecule has 2 aromatic carbocycles. The minimum atomic E-state index is -3.83. The molecule has 1 aliphatic rings. The van der Waals surface area contributed by atoms with Crippen LogP contribution in [0.5, 0.6) is 11.5 Å². The lowest BCUT2D eigenvalue weighted by atomic mass is 10.2. The Balaban J connectivity index is 1.72. The fraction of sp³-hybridized carbons (Fsp3) is 0.440. The third-order valence-corrected chi connectivity index (χ3v) is 8.00. The van der Waals surface area contributed by atoms with E-state index in [-0.39, 0.29) is 29.6 Å². The van der Waals surface area contributed by atoms with Gasteiger partial charge in [-0.15, -0.1) is 0 Å². The Labute approximate surface area is 212 Å². The average molecular weight is 520 g/mol. The number of ether oxygens (including phenoxy) is 3. The van der Waals surface area contributed by atoms with Crippen LogP contribution in [0, 0.1) is 0 Å². The van der Waals surface area contributed by atoms with Crippen molar-refractivity contribution in [1.29, 1.82) is 0 Å². The van der Waals surface area contributed by atoms with Crippen LogP contribution in [-0.2, 0) is 24.3 Å². The van der Waals surface area contributed by atoms with Crippen molar-refractivity contribution in [3.63, 3.8) is 0 Å². The Morgan fingerprint density at radius 1 is 0.917 bits per heavy atom. The number of esters is 1. The molecule has 196 valence electrons. The largest absolute Gasteiger partial charge is 0.497 e. The van der Waals surface area contributed by atoms with E-state index in [1.807, 2.05) is 4.90 Å². The van der Waals surface area contributed by atoms with Crippen LogP contribution in [0.25, 0.3) is 0 Å². The molecule has 2 aromatic rings. The van der Waals surface area contributed by atoms with E-state index in [2.05, 4.69) is 4.74 Å². The van der Waals surface area contributed by atoms with E-state index >= 15 is 0 Å². The van der Waals surface area contributed by atoms with E-state index in [0.29, 0.717) is 55.5 Å². The number of hydrogen-bond donors (Lipinski definition) is 0. The highest BCUT2D eigenvalue weighted by Crippen LogP contribution is 2.33. The molecule has 0 radical (unpaired) electrons. The summed E-state index contributed by atoms with van der Waals surface area (Å²) >= 11 is 0. The number of hydrogen-bond acceptors (Lipinski definition) is 8. The van der Waals surface area contributed by atoms with Crippen molar-refractivity contribution in [1.82, 2.24) is 4.90 Å². The molecule has 1 heterocycles. The lowest BCUT2D eigenvalue weighted by molar-refractivity contribution is -0.140. The van der Waals surface area contributed by atoms with Crippen molar-refractivity contribution < 1.29 is 32.2 Å². The van der Waals surface area contributed by atoms with Crippen LogP contribution in [0.3, 0.4) is 0 Å². The molecular formula is C25H33N3O7S. The molecule has 1 fully saturated rings. The van der Waals surface area contributed by atoms with Gasteiger partial charge in [-0.1, -0.05) is 0 Å². The number of amides is 1. The van der Waals surface area contributed by atoms with Gasteiger partial charge in [0.2, 0.25) is 5.91 Å². The van der Waals surface area contributed by atoms with E-state index in [1.165, 1.54) is 31.6 Å². The fourth-order valence-corrected chi connectivity index (χ4v) is 5.22. The third kappa shape index (κ3) is 6.20. The first-order valence-corrected chi connectivity index (χ1v) is 13.1. The smallest absolute Gasteiger partial charge is 0.305 e. The summed E-state index contributed by atoms with van der Waals surface area (Å²) in [5.74, 6) is 0.853. The van der Waals surface area contributed by atoms with E-state index in [1.54, 1.807) is 48.4 Å². The highest BCUT2D eigenvalue weighted by atomic mass is 32.2. The number of carbonyl (C=O) groups excluding carboxylic acids is 2. The quantitative estimate of drug-likeness (QED) is 0.441. The Kier molecular flexibility index (Phi) is 9.03. The molecule has 3 rings (SSSR count). The second-order valence-corrected chi connectivity index (χ2v) is 10.3. The van der Waals surface area contributed by atoms with Gasteiger partial charge in [0.15, 0.2) is 0 Å². The van der Waals surface area contributed by atoms with Crippen LogP contribution in [0.15, 0.2) is 47.4 Å². The number of benzene rings is 2. The van der Waals surface area contributed by atoms with Crippen LogP contribution in [-0.4, -0.2) is 79.8 Å². The first kappa shape index (κ1) is 27.1. The van der Waals surface area contributed by atoms with E-state index < -0.39 is 10.0 Å². The van der Waals surface area contributed by atoms with Crippen LogP contribution >= 0.6 is 0 Å². The predicted octanol–water partition coefficient (Wildman–Crippen LogP) is 2.52. The highest BCUT2D eigenvalue weighted by molar-refractivity contribution is 7.92. The minimum absolute atomic E-state index is 0.0111. The molecule has 1 amide bonds. The van der Waals surface area contributed by atoms with Crippen molar-refractivity contribution in [2.75, 3.05) is 63.8 Å². The molecule has 0 saturated carbocycles. The lowest BCUT2D eigenvalue weighted by Crippen LogP contribution is -2.48. The molecule has 0 aromatic heterocycles. The van der Waals surface area contributed by atoms with Crippen molar-refractivity contribution in [3.05, 3.63) is 42.5 Å². The van der Waals surface area contributed by atoms with Crippen molar-refractivity contribution in [2.45, 2.75) is 24.2 Å². The monoisotopic (exact) mass is 519 g/mol. The molecule has 0 N–H and O–H groups in total. The van der Waals surface area contributed by atoms with E-state index in [0.717, 1.165) is 0 Å². The van der Waals surface area contributed by atoms with Crippen LogP contribution < -0.4 is 18.7 Å². The maximum absolute atomic E-state index is 13.4. The number of carbonyl (C=O) groups is 2. The van der Waals surface area contributed by atoms with Gasteiger partial charge in [-0.05, 0) is 48.9 Å². The number of sulfonamides is 1. The number of nitrogens with zero attached hydrogens (tertiary/aromatic N) is 3. The zero-order valence-corrected chi connectivity index (χ0v) is 21.9. The third-order valence-electron chi connectivity index (χ3n) is 6.22. The van der Waals surface area contributed by atoms with Gasteiger partial charge in [0.25, 0.3) is 10.0 Å². The van der Waals surface area contributed by atoms with Gasteiger partial charge < -0.3 is 24.0 Å². The second kappa shape index (κ2) is 12.0. The Morgan fingerprint density at radius 3 is 2.17 bits per heavy atom. The van der Waals surface area contributed by atoms with Gasteiger partial charge in [0.1, 0.15) is 11.5 Å². The zero-order valence-electron chi connectivity index (χ0n) is 21.1. The molecule has 1 saturated heterocycles. The molecule has 36 heavy (non-hydrogen) atoms. The summed E-state index contributed by atoms with van der Waals surface area (Å²) in [5, 5.41) is 0. The Bertz CT molecular complexity index is 1160. The maximum atomic E-state index is 13.4. The normalized spacial score (nSPS) is 13.8. The number of rotatable bonds is 10. The van der Waals surface area contributed by atoms with Crippen LogP contribution in [0.1, 0.15) is 19.3 Å². The first-order chi connectivity index (χ1) is 17.2. The second-order valence-electron chi connectivity index (χ2n) is 8.30. The SMILES string of the molecule is COC(=O)CCCC(=O)N1CCN(c2cc(S(=O)(=O)N(C)c3ccc(OC)cc3)ccc2OC)CC1. The Hall–Kier alpha value is -3.47. The lowest BCUT2D eigenvalue weighted by Gasteiger charge is -2.37. The van der Waals surface area contributed by atoms with Gasteiger partial charge >= 0.3 is 5.97 Å². The van der Waals surface area contributed by atoms with Gasteiger partial charge in [-0.3, -0.25) is 13.9 Å². The van der Waals surface area contributed by atoms with Crippen molar-refractivity contribution >= 4 is 33.3 Å². The molecule has 0 spiro atoms. The summed E-state index contributed by atoms with van der Waals surface area (Å²) in [6.45, 7) is 2.03. The number of anilines is 2. The predicted molar refractivity (Wildman–Crippen MR) is 136 cm³/mol. The summed E-state index contributed by atoms with van der Waals surface area (Å²) in [6.07, 6.45) is 0.941. The van der Waals surface area contributed by atoms with Gasteiger partial charge in [-0.2, -0.15) is 0 Å². The first-order valence-electron chi connectivity index (χ1n) is 11.6. The summed E-state index contributed by atoms with van der Waals surface area (Å²) in [6, 6.07) is 11.6. The van der Waals surface area contributed by atoms with Gasteiger partial charge in [0, 0.05) is 46.1 Å². The molecule has 0 bridgehead atoms. The summed E-state index contributed by atoms with van der Waals surface area (Å²) < 4.78 is 43.3. The van der Waals surface area contributed by atoms with Gasteiger partial charge in [-0.25, -0.2) is 8.42 Å². The topological polar surface area (TPSA) is 106 Å². The van der Waals surface area contributed by atoms with Crippen LogP contribution in [0.4, 0.5) is 11.4 Å². The fourth-order valence-electron chi connectivity index (χ4n) is 4.01. The molecular weight excluding hydrogens is 486 g/mol. The summed E-state index contributed by atoms with van der Waals surface area (Å²) in [4.78, 5) is 27.7. The molecule has 11 heteroatoms. The van der Waals surface area contributed by atoms with Crippen molar-refractivity contribution in [3.8, 4) is 11.5 Å².